The third-order valence-electron chi connectivity index (χ3n) is 2.67. The first kappa shape index (κ1) is 9.37. The van der Waals surface area contributed by atoms with Gasteiger partial charge in [-0.2, -0.15) is 0 Å². The van der Waals surface area contributed by atoms with Crippen LogP contribution in [0.5, 0.6) is 0 Å². The molecular weight excluding hydrogens is 220 g/mol. The number of hydrogen-bond acceptors (Lipinski definition) is 2. The minimum atomic E-state index is 1.01. The average Bonchev–Trinajstić information content (AvgIpc) is 2.27. The van der Waals surface area contributed by atoms with E-state index in [2.05, 4.69) is 55.1 Å². The standard InChI is InChI=1S/C13H10S2/c14-11-5-3-7-13-10(11)8-9-4-1-2-6-12(9)15-13/h1-7,14H,8H2. The largest absolute Gasteiger partial charge is 0.143 e. The fourth-order valence-electron chi connectivity index (χ4n) is 1.89. The van der Waals surface area contributed by atoms with E-state index in [0.29, 0.717) is 0 Å². The predicted octanol–water partition coefficient (Wildman–Crippen LogP) is 4.03. The van der Waals surface area contributed by atoms with Crippen LogP contribution in [0.25, 0.3) is 0 Å². The fourth-order valence-corrected chi connectivity index (χ4v) is 3.35. The van der Waals surface area contributed by atoms with Gasteiger partial charge in [-0.05, 0) is 29.3 Å². The first-order valence-corrected chi connectivity index (χ1v) is 6.17. The summed E-state index contributed by atoms with van der Waals surface area (Å²) in [7, 11) is 0. The van der Waals surface area contributed by atoms with Crippen LogP contribution in [0.15, 0.2) is 57.2 Å². The highest BCUT2D eigenvalue weighted by atomic mass is 32.2. The number of hydrogen-bond donors (Lipinski definition) is 1. The van der Waals surface area contributed by atoms with E-state index in [9.17, 15) is 0 Å². The molecule has 0 saturated carbocycles. The van der Waals surface area contributed by atoms with Crippen LogP contribution in [0, 0.1) is 0 Å². The Hall–Kier alpha value is -0.860. The number of thiol groups is 1. The summed E-state index contributed by atoms with van der Waals surface area (Å²) in [6.45, 7) is 0. The first-order chi connectivity index (χ1) is 7.34. The van der Waals surface area contributed by atoms with Crippen LogP contribution in [0.1, 0.15) is 11.1 Å². The first-order valence-electron chi connectivity index (χ1n) is 4.91. The molecule has 0 fully saturated rings. The van der Waals surface area contributed by atoms with Crippen LogP contribution < -0.4 is 0 Å². The Morgan fingerprint density at radius 3 is 2.67 bits per heavy atom. The van der Waals surface area contributed by atoms with Gasteiger partial charge < -0.3 is 0 Å². The molecule has 0 N–H and O–H groups in total. The summed E-state index contributed by atoms with van der Waals surface area (Å²) >= 11 is 6.36. The van der Waals surface area contributed by atoms with Gasteiger partial charge in [-0.3, -0.25) is 0 Å². The third-order valence-corrected chi connectivity index (χ3v) is 4.31. The minimum Gasteiger partial charge on any atom is -0.143 e. The van der Waals surface area contributed by atoms with Crippen molar-refractivity contribution in [3.63, 3.8) is 0 Å². The summed E-state index contributed by atoms with van der Waals surface area (Å²) in [6, 6.07) is 14.9. The van der Waals surface area contributed by atoms with E-state index in [-0.39, 0.29) is 0 Å². The Labute approximate surface area is 99.1 Å². The van der Waals surface area contributed by atoms with E-state index in [1.54, 1.807) is 0 Å². The molecule has 15 heavy (non-hydrogen) atoms. The maximum Gasteiger partial charge on any atom is 0.0168 e. The smallest absolute Gasteiger partial charge is 0.0168 e. The van der Waals surface area contributed by atoms with Crippen LogP contribution in [0.3, 0.4) is 0 Å². The highest BCUT2D eigenvalue weighted by Gasteiger charge is 2.16. The van der Waals surface area contributed by atoms with Crippen molar-refractivity contribution in [3.8, 4) is 0 Å². The van der Waals surface area contributed by atoms with Gasteiger partial charge in [-0.15, -0.1) is 12.6 Å². The summed E-state index contributed by atoms with van der Waals surface area (Å²) in [5.74, 6) is 0. The van der Waals surface area contributed by atoms with Crippen LogP contribution >= 0.6 is 24.4 Å². The van der Waals surface area contributed by atoms with Crippen molar-refractivity contribution in [2.75, 3.05) is 0 Å². The Bertz CT molecular complexity index is 518. The maximum atomic E-state index is 4.51. The van der Waals surface area contributed by atoms with E-state index < -0.39 is 0 Å². The van der Waals surface area contributed by atoms with E-state index in [0.717, 1.165) is 11.3 Å². The molecule has 0 bridgehead atoms. The summed E-state index contributed by atoms with van der Waals surface area (Å²) in [6.07, 6.45) is 1.01. The summed E-state index contributed by atoms with van der Waals surface area (Å²) in [5.41, 5.74) is 2.78. The Morgan fingerprint density at radius 1 is 0.933 bits per heavy atom. The molecule has 0 nitrogen and oxygen atoms in total. The summed E-state index contributed by atoms with van der Waals surface area (Å²) < 4.78 is 0. The molecular formula is C13H10S2. The molecule has 0 unspecified atom stereocenters. The Kier molecular flexibility index (Phi) is 2.26. The second-order valence-electron chi connectivity index (χ2n) is 3.64. The lowest BCUT2D eigenvalue weighted by atomic mass is 10.0. The molecule has 0 saturated heterocycles. The van der Waals surface area contributed by atoms with Gasteiger partial charge in [0, 0.05) is 21.1 Å². The van der Waals surface area contributed by atoms with Gasteiger partial charge in [-0.1, -0.05) is 36.0 Å². The molecule has 74 valence electrons. The molecule has 1 aliphatic rings. The molecule has 1 aliphatic heterocycles. The molecule has 0 atom stereocenters. The van der Waals surface area contributed by atoms with E-state index in [1.165, 1.54) is 20.9 Å². The zero-order valence-corrected chi connectivity index (χ0v) is 9.81. The highest BCUT2D eigenvalue weighted by molar-refractivity contribution is 7.99. The quantitative estimate of drug-likeness (QED) is 0.569. The molecule has 2 aromatic rings. The van der Waals surface area contributed by atoms with Gasteiger partial charge in [0.25, 0.3) is 0 Å². The second kappa shape index (κ2) is 3.62. The predicted molar refractivity (Wildman–Crippen MR) is 67.1 cm³/mol. The average molecular weight is 230 g/mol. The normalized spacial score (nSPS) is 13.1. The third kappa shape index (κ3) is 1.58. The topological polar surface area (TPSA) is 0 Å². The van der Waals surface area contributed by atoms with Crippen molar-refractivity contribution < 1.29 is 0 Å². The van der Waals surface area contributed by atoms with Crippen molar-refractivity contribution in [3.05, 3.63) is 53.6 Å². The van der Waals surface area contributed by atoms with E-state index in [1.807, 2.05) is 11.8 Å². The molecule has 3 rings (SSSR count). The molecule has 0 radical (unpaired) electrons. The minimum absolute atomic E-state index is 1.01. The number of rotatable bonds is 0. The Balaban J connectivity index is 2.15. The van der Waals surface area contributed by atoms with Crippen LogP contribution in [-0.2, 0) is 6.42 Å². The number of benzene rings is 2. The van der Waals surface area contributed by atoms with Gasteiger partial charge in [-0.25, -0.2) is 0 Å². The molecule has 0 aliphatic carbocycles. The van der Waals surface area contributed by atoms with Crippen molar-refractivity contribution in [1.29, 1.82) is 0 Å². The van der Waals surface area contributed by atoms with E-state index in [4.69, 9.17) is 0 Å². The molecule has 0 spiro atoms. The van der Waals surface area contributed by atoms with Crippen molar-refractivity contribution in [2.45, 2.75) is 21.1 Å². The van der Waals surface area contributed by atoms with Gasteiger partial charge >= 0.3 is 0 Å². The van der Waals surface area contributed by atoms with Gasteiger partial charge in [0.2, 0.25) is 0 Å². The molecule has 0 amide bonds. The molecule has 2 heteroatoms. The number of fused-ring (bicyclic) bond motifs is 2. The van der Waals surface area contributed by atoms with Crippen molar-refractivity contribution in [2.24, 2.45) is 0 Å². The summed E-state index contributed by atoms with van der Waals surface area (Å²) in [4.78, 5) is 3.83. The molecule has 0 aromatic heterocycles. The molecule has 2 aromatic carbocycles. The van der Waals surface area contributed by atoms with Crippen LogP contribution in [-0.4, -0.2) is 0 Å². The summed E-state index contributed by atoms with van der Waals surface area (Å²) in [5, 5.41) is 0. The zero-order chi connectivity index (χ0) is 10.3. The monoisotopic (exact) mass is 230 g/mol. The van der Waals surface area contributed by atoms with Gasteiger partial charge in [0.05, 0.1) is 0 Å². The van der Waals surface area contributed by atoms with Crippen molar-refractivity contribution in [1.82, 2.24) is 0 Å². The van der Waals surface area contributed by atoms with Crippen LogP contribution in [0.4, 0.5) is 0 Å². The lowest BCUT2D eigenvalue weighted by molar-refractivity contribution is 1.01. The lowest BCUT2D eigenvalue weighted by Gasteiger charge is -2.19. The second-order valence-corrected chi connectivity index (χ2v) is 5.21. The van der Waals surface area contributed by atoms with Gasteiger partial charge in [0.1, 0.15) is 0 Å². The van der Waals surface area contributed by atoms with Crippen LogP contribution in [0.2, 0.25) is 0 Å². The zero-order valence-electron chi connectivity index (χ0n) is 8.10. The SMILES string of the molecule is Sc1cccc2c1Cc1ccccc1S2. The fraction of sp³-hybridized carbons (Fsp3) is 0.0769. The Morgan fingerprint density at radius 2 is 1.73 bits per heavy atom. The highest BCUT2D eigenvalue weighted by Crippen LogP contribution is 2.41. The van der Waals surface area contributed by atoms with E-state index >= 15 is 0 Å². The molecule has 1 heterocycles. The van der Waals surface area contributed by atoms with Crippen molar-refractivity contribution >= 4 is 24.4 Å². The van der Waals surface area contributed by atoms with Gasteiger partial charge in [0.15, 0.2) is 0 Å². The maximum absolute atomic E-state index is 4.51. The lowest BCUT2D eigenvalue weighted by Crippen LogP contribution is -1.99.